The fraction of sp³-hybridized carbons (Fsp3) is 0.562. The molecule has 1 aromatic carbocycles. The number of anilines is 1. The van der Waals surface area contributed by atoms with Crippen molar-refractivity contribution in [3.05, 3.63) is 29.8 Å². The zero-order chi connectivity index (χ0) is 13.7. The maximum Gasteiger partial charge on any atom is 0.227 e. The molecule has 19 heavy (non-hydrogen) atoms. The average Bonchev–Trinajstić information content (AvgIpc) is 2.90. The summed E-state index contributed by atoms with van der Waals surface area (Å²) in [6.45, 7) is 5.94. The molecule has 104 valence electrons. The third-order valence-corrected chi connectivity index (χ3v) is 3.80. The number of amides is 1. The van der Waals surface area contributed by atoms with Crippen molar-refractivity contribution in [1.29, 1.82) is 0 Å². The number of rotatable bonds is 5. The summed E-state index contributed by atoms with van der Waals surface area (Å²) in [5.74, 6) is 0.238. The van der Waals surface area contributed by atoms with Crippen molar-refractivity contribution in [2.75, 3.05) is 18.0 Å². The summed E-state index contributed by atoms with van der Waals surface area (Å²) < 4.78 is 0. The molecule has 1 aliphatic rings. The van der Waals surface area contributed by atoms with E-state index in [4.69, 9.17) is 0 Å². The lowest BCUT2D eigenvalue weighted by atomic mass is 10.1. The van der Waals surface area contributed by atoms with Crippen molar-refractivity contribution in [1.82, 2.24) is 5.32 Å². The van der Waals surface area contributed by atoms with E-state index in [0.29, 0.717) is 12.5 Å². The fourth-order valence-electron chi connectivity index (χ4n) is 2.73. The molecule has 1 saturated heterocycles. The molecule has 1 aliphatic heterocycles. The van der Waals surface area contributed by atoms with E-state index in [1.807, 2.05) is 24.0 Å². The number of hydrogen-bond acceptors (Lipinski definition) is 2. The van der Waals surface area contributed by atoms with Crippen molar-refractivity contribution < 1.29 is 4.79 Å². The standard InChI is InChI=1S/C16H24N2O/c1-3-18(15-8-4-6-13(2)12-15)16(19)10-9-14-7-5-11-17-14/h4,6,8,12,14,17H,3,5,7,9-11H2,1-2H3. The first kappa shape index (κ1) is 14.1. The van der Waals surface area contributed by atoms with Gasteiger partial charge in [0.15, 0.2) is 0 Å². The number of aryl methyl sites for hydroxylation is 1. The molecule has 0 spiro atoms. The Morgan fingerprint density at radius 3 is 2.95 bits per heavy atom. The third kappa shape index (κ3) is 3.80. The highest BCUT2D eigenvalue weighted by molar-refractivity contribution is 5.93. The van der Waals surface area contributed by atoms with Crippen LogP contribution in [-0.2, 0) is 4.79 Å². The highest BCUT2D eigenvalue weighted by atomic mass is 16.2. The van der Waals surface area contributed by atoms with Crippen LogP contribution >= 0.6 is 0 Å². The number of benzene rings is 1. The third-order valence-electron chi connectivity index (χ3n) is 3.80. The van der Waals surface area contributed by atoms with Gasteiger partial charge in [0.2, 0.25) is 5.91 Å². The second-order valence-electron chi connectivity index (χ2n) is 5.31. The minimum atomic E-state index is 0.238. The predicted octanol–water partition coefficient (Wildman–Crippen LogP) is 2.88. The number of nitrogens with one attached hydrogen (secondary N) is 1. The Hall–Kier alpha value is -1.35. The van der Waals surface area contributed by atoms with Crippen LogP contribution in [0.4, 0.5) is 5.69 Å². The van der Waals surface area contributed by atoms with Crippen LogP contribution in [0.3, 0.4) is 0 Å². The number of hydrogen-bond donors (Lipinski definition) is 1. The van der Waals surface area contributed by atoms with Gasteiger partial charge in [-0.15, -0.1) is 0 Å². The first-order valence-corrected chi connectivity index (χ1v) is 7.31. The molecule has 1 aromatic rings. The van der Waals surface area contributed by atoms with Crippen LogP contribution < -0.4 is 10.2 Å². The topological polar surface area (TPSA) is 32.3 Å². The van der Waals surface area contributed by atoms with Gasteiger partial charge < -0.3 is 10.2 Å². The van der Waals surface area contributed by atoms with Crippen LogP contribution in [0.2, 0.25) is 0 Å². The highest BCUT2D eigenvalue weighted by Crippen LogP contribution is 2.18. The predicted molar refractivity (Wildman–Crippen MR) is 79.5 cm³/mol. The lowest BCUT2D eigenvalue weighted by Gasteiger charge is -2.22. The molecule has 1 fully saturated rings. The molecular formula is C16H24N2O. The normalized spacial score (nSPS) is 18.5. The number of nitrogens with zero attached hydrogens (tertiary/aromatic N) is 1. The van der Waals surface area contributed by atoms with E-state index in [0.717, 1.165) is 25.2 Å². The Morgan fingerprint density at radius 1 is 1.47 bits per heavy atom. The summed E-state index contributed by atoms with van der Waals surface area (Å²) in [4.78, 5) is 14.2. The SMILES string of the molecule is CCN(C(=O)CCC1CCCN1)c1cccc(C)c1. The second kappa shape index (κ2) is 6.71. The molecule has 2 rings (SSSR count). The van der Waals surface area contributed by atoms with Gasteiger partial charge in [-0.3, -0.25) is 4.79 Å². The molecule has 1 atom stereocenters. The molecule has 1 heterocycles. The number of carbonyl (C=O) groups is 1. The molecule has 0 saturated carbocycles. The Kier molecular flexibility index (Phi) is 4.97. The van der Waals surface area contributed by atoms with E-state index in [9.17, 15) is 4.79 Å². The number of carbonyl (C=O) groups excluding carboxylic acids is 1. The van der Waals surface area contributed by atoms with Crippen molar-refractivity contribution >= 4 is 11.6 Å². The second-order valence-corrected chi connectivity index (χ2v) is 5.31. The molecule has 1 amide bonds. The van der Waals surface area contributed by atoms with Crippen molar-refractivity contribution in [3.8, 4) is 0 Å². The Labute approximate surface area is 116 Å². The Bertz CT molecular complexity index is 425. The zero-order valence-electron chi connectivity index (χ0n) is 12.0. The first-order valence-electron chi connectivity index (χ1n) is 7.31. The molecule has 1 unspecified atom stereocenters. The summed E-state index contributed by atoms with van der Waals surface area (Å²) >= 11 is 0. The van der Waals surface area contributed by atoms with Gasteiger partial charge in [-0.05, 0) is 57.4 Å². The van der Waals surface area contributed by atoms with Crippen molar-refractivity contribution in [2.24, 2.45) is 0 Å². The van der Waals surface area contributed by atoms with Gasteiger partial charge in [0.1, 0.15) is 0 Å². The van der Waals surface area contributed by atoms with Crippen molar-refractivity contribution in [2.45, 2.75) is 45.6 Å². The summed E-state index contributed by atoms with van der Waals surface area (Å²) in [6.07, 6.45) is 4.05. The molecule has 0 radical (unpaired) electrons. The van der Waals surface area contributed by atoms with Crippen LogP contribution in [0.15, 0.2) is 24.3 Å². The largest absolute Gasteiger partial charge is 0.314 e. The highest BCUT2D eigenvalue weighted by Gasteiger charge is 2.18. The van der Waals surface area contributed by atoms with Crippen LogP contribution in [0.5, 0.6) is 0 Å². The van der Waals surface area contributed by atoms with Crippen molar-refractivity contribution in [3.63, 3.8) is 0 Å². The van der Waals surface area contributed by atoms with Crippen LogP contribution in [0.25, 0.3) is 0 Å². The van der Waals surface area contributed by atoms with Gasteiger partial charge in [0.25, 0.3) is 0 Å². The average molecular weight is 260 g/mol. The minimum Gasteiger partial charge on any atom is -0.314 e. The first-order chi connectivity index (χ1) is 9.20. The maximum absolute atomic E-state index is 12.3. The molecule has 0 bridgehead atoms. The summed E-state index contributed by atoms with van der Waals surface area (Å²) in [5.41, 5.74) is 2.22. The monoisotopic (exact) mass is 260 g/mol. The lowest BCUT2D eigenvalue weighted by Crippen LogP contribution is -2.32. The van der Waals surface area contributed by atoms with E-state index < -0.39 is 0 Å². The van der Waals surface area contributed by atoms with Gasteiger partial charge in [0, 0.05) is 24.7 Å². The molecule has 0 aliphatic carbocycles. The molecule has 3 nitrogen and oxygen atoms in total. The summed E-state index contributed by atoms with van der Waals surface area (Å²) in [7, 11) is 0. The maximum atomic E-state index is 12.3. The smallest absolute Gasteiger partial charge is 0.227 e. The van der Waals surface area contributed by atoms with E-state index in [2.05, 4.69) is 24.4 Å². The van der Waals surface area contributed by atoms with Gasteiger partial charge in [0.05, 0.1) is 0 Å². The van der Waals surface area contributed by atoms with Gasteiger partial charge in [-0.25, -0.2) is 0 Å². The Balaban J connectivity index is 1.94. The van der Waals surface area contributed by atoms with E-state index >= 15 is 0 Å². The molecule has 3 heteroatoms. The zero-order valence-corrected chi connectivity index (χ0v) is 12.0. The molecule has 1 N–H and O–H groups in total. The minimum absolute atomic E-state index is 0.238. The molecular weight excluding hydrogens is 236 g/mol. The summed E-state index contributed by atoms with van der Waals surface area (Å²) in [5, 5.41) is 3.45. The van der Waals surface area contributed by atoms with E-state index in [1.165, 1.54) is 18.4 Å². The van der Waals surface area contributed by atoms with Gasteiger partial charge in [-0.2, -0.15) is 0 Å². The van der Waals surface area contributed by atoms with E-state index in [1.54, 1.807) is 0 Å². The Morgan fingerprint density at radius 2 is 2.32 bits per heavy atom. The van der Waals surface area contributed by atoms with Gasteiger partial charge in [-0.1, -0.05) is 12.1 Å². The van der Waals surface area contributed by atoms with E-state index in [-0.39, 0.29) is 5.91 Å². The van der Waals surface area contributed by atoms with Crippen LogP contribution in [0.1, 0.15) is 38.2 Å². The fourth-order valence-corrected chi connectivity index (χ4v) is 2.73. The molecule has 0 aromatic heterocycles. The lowest BCUT2D eigenvalue weighted by molar-refractivity contribution is -0.118. The van der Waals surface area contributed by atoms with Gasteiger partial charge >= 0.3 is 0 Å². The van der Waals surface area contributed by atoms with Crippen LogP contribution in [-0.4, -0.2) is 25.0 Å². The quantitative estimate of drug-likeness (QED) is 0.883. The van der Waals surface area contributed by atoms with Crippen LogP contribution in [0, 0.1) is 6.92 Å². The summed E-state index contributed by atoms with van der Waals surface area (Å²) in [6, 6.07) is 8.71.